The van der Waals surface area contributed by atoms with E-state index in [1.807, 2.05) is 20.8 Å². The lowest BCUT2D eigenvalue weighted by molar-refractivity contribution is -0.0758. The van der Waals surface area contributed by atoms with Gasteiger partial charge in [0.2, 0.25) is 5.76 Å². The van der Waals surface area contributed by atoms with E-state index in [0.717, 1.165) is 5.56 Å². The molecular formula is C11H17NO4. The molecule has 1 aromatic heterocycles. The first-order valence-electron chi connectivity index (χ1n) is 5.03. The van der Waals surface area contributed by atoms with Gasteiger partial charge in [0.15, 0.2) is 0 Å². The molecule has 1 heterocycles. The van der Waals surface area contributed by atoms with E-state index in [0.29, 0.717) is 12.3 Å². The summed E-state index contributed by atoms with van der Waals surface area (Å²) in [6, 6.07) is 1.50. The Labute approximate surface area is 94.4 Å². The van der Waals surface area contributed by atoms with Crippen LogP contribution in [-0.2, 0) is 11.4 Å². The third kappa shape index (κ3) is 3.67. The van der Waals surface area contributed by atoms with E-state index < -0.39 is 5.97 Å². The summed E-state index contributed by atoms with van der Waals surface area (Å²) < 4.78 is 5.06. The zero-order valence-corrected chi connectivity index (χ0v) is 9.96. The van der Waals surface area contributed by atoms with E-state index >= 15 is 0 Å². The summed E-state index contributed by atoms with van der Waals surface area (Å²) in [5.41, 5.74) is 3.28. The number of aromatic carboxylic acids is 1. The van der Waals surface area contributed by atoms with Crippen LogP contribution in [0.1, 0.15) is 42.6 Å². The zero-order chi connectivity index (χ0) is 12.3. The lowest BCUT2D eigenvalue weighted by Gasteiger charge is -2.19. The highest BCUT2D eigenvalue weighted by molar-refractivity contribution is 5.84. The Morgan fingerprint density at radius 3 is 2.62 bits per heavy atom. The second-order valence-electron chi connectivity index (χ2n) is 4.53. The lowest BCUT2D eigenvalue weighted by Crippen LogP contribution is -2.28. The average Bonchev–Trinajstić information content (AvgIpc) is 2.46. The largest absolute Gasteiger partial charge is 0.475 e. The Morgan fingerprint density at radius 2 is 2.19 bits per heavy atom. The van der Waals surface area contributed by atoms with Crippen molar-refractivity contribution in [2.75, 3.05) is 0 Å². The molecule has 0 aliphatic carbocycles. The summed E-state index contributed by atoms with van der Waals surface area (Å²) in [6.07, 6.45) is 0. The molecule has 0 aliphatic heterocycles. The zero-order valence-electron chi connectivity index (χ0n) is 9.96. The van der Waals surface area contributed by atoms with Crippen LogP contribution < -0.4 is 5.48 Å². The molecule has 0 atom stereocenters. The molecule has 0 fully saturated rings. The van der Waals surface area contributed by atoms with Crippen molar-refractivity contribution < 1.29 is 19.2 Å². The molecule has 0 spiro atoms. The molecule has 0 unspecified atom stereocenters. The molecule has 0 aliphatic rings. The maximum atomic E-state index is 10.7. The van der Waals surface area contributed by atoms with Crippen LogP contribution in [0.2, 0.25) is 0 Å². The smallest absolute Gasteiger partial charge is 0.371 e. The fourth-order valence-electron chi connectivity index (χ4n) is 1.13. The highest BCUT2D eigenvalue weighted by atomic mass is 16.7. The van der Waals surface area contributed by atoms with Crippen LogP contribution >= 0.6 is 0 Å². The molecule has 0 amide bonds. The number of hydroxylamine groups is 1. The number of hydrogen-bond acceptors (Lipinski definition) is 4. The van der Waals surface area contributed by atoms with Gasteiger partial charge >= 0.3 is 5.97 Å². The van der Waals surface area contributed by atoms with E-state index in [1.165, 1.54) is 6.07 Å². The van der Waals surface area contributed by atoms with Gasteiger partial charge in [-0.1, -0.05) is 0 Å². The predicted molar refractivity (Wildman–Crippen MR) is 58.1 cm³/mol. The molecule has 0 bridgehead atoms. The number of aryl methyl sites for hydroxylation is 1. The van der Waals surface area contributed by atoms with Crippen molar-refractivity contribution in [1.82, 2.24) is 5.48 Å². The molecule has 0 saturated heterocycles. The van der Waals surface area contributed by atoms with Gasteiger partial charge in [0, 0.05) is 12.1 Å². The first kappa shape index (κ1) is 12.7. The van der Waals surface area contributed by atoms with Gasteiger partial charge in [-0.2, -0.15) is 5.48 Å². The molecule has 1 aromatic rings. The number of carboxylic acid groups (broad SMARTS) is 1. The number of furan rings is 1. The molecule has 5 nitrogen and oxygen atoms in total. The summed E-state index contributed by atoms with van der Waals surface area (Å²) in [4.78, 5) is 16.0. The summed E-state index contributed by atoms with van der Waals surface area (Å²) in [6.45, 7) is 7.90. The summed E-state index contributed by atoms with van der Waals surface area (Å²) in [7, 11) is 0. The number of hydrogen-bond donors (Lipinski definition) is 2. The number of carboxylic acids is 1. The van der Waals surface area contributed by atoms with Crippen LogP contribution in [0, 0.1) is 6.92 Å². The van der Waals surface area contributed by atoms with Crippen molar-refractivity contribution in [3.63, 3.8) is 0 Å². The maximum Gasteiger partial charge on any atom is 0.371 e. The van der Waals surface area contributed by atoms with Crippen LogP contribution in [0.3, 0.4) is 0 Å². The van der Waals surface area contributed by atoms with Crippen LogP contribution in [0.5, 0.6) is 0 Å². The van der Waals surface area contributed by atoms with Crippen molar-refractivity contribution in [3.8, 4) is 0 Å². The minimum Gasteiger partial charge on any atom is -0.475 e. The minimum atomic E-state index is -1.06. The lowest BCUT2D eigenvalue weighted by atomic mass is 10.2. The van der Waals surface area contributed by atoms with Crippen molar-refractivity contribution >= 4 is 5.97 Å². The molecule has 0 saturated carbocycles. The quantitative estimate of drug-likeness (QED) is 0.771. The van der Waals surface area contributed by atoms with Gasteiger partial charge in [-0.3, -0.25) is 4.84 Å². The van der Waals surface area contributed by atoms with Crippen LogP contribution in [-0.4, -0.2) is 16.7 Å². The first-order chi connectivity index (χ1) is 7.29. The van der Waals surface area contributed by atoms with Gasteiger partial charge in [-0.05, 0) is 33.8 Å². The van der Waals surface area contributed by atoms with Gasteiger partial charge in [0.1, 0.15) is 5.76 Å². The highest BCUT2D eigenvalue weighted by Crippen LogP contribution is 2.15. The number of carbonyl (C=O) groups is 1. The van der Waals surface area contributed by atoms with Crippen LogP contribution in [0.25, 0.3) is 0 Å². The fraction of sp³-hybridized carbons (Fsp3) is 0.545. The summed E-state index contributed by atoms with van der Waals surface area (Å²) in [5, 5.41) is 8.73. The Morgan fingerprint density at radius 1 is 1.56 bits per heavy atom. The van der Waals surface area contributed by atoms with Crippen LogP contribution in [0.15, 0.2) is 10.5 Å². The Balaban J connectivity index is 2.58. The second-order valence-corrected chi connectivity index (χ2v) is 4.53. The molecule has 16 heavy (non-hydrogen) atoms. The fourth-order valence-corrected chi connectivity index (χ4v) is 1.13. The van der Waals surface area contributed by atoms with Gasteiger partial charge in [0.05, 0.1) is 5.60 Å². The molecule has 1 rings (SSSR count). The molecule has 2 N–H and O–H groups in total. The highest BCUT2D eigenvalue weighted by Gasteiger charge is 2.14. The van der Waals surface area contributed by atoms with E-state index in [1.54, 1.807) is 6.92 Å². The molecule has 90 valence electrons. The SMILES string of the molecule is Cc1oc(C(=O)O)cc1CNOC(C)(C)C. The number of rotatable bonds is 4. The Hall–Kier alpha value is -1.33. The monoisotopic (exact) mass is 227 g/mol. The predicted octanol–water partition coefficient (Wildman–Crippen LogP) is 2.11. The van der Waals surface area contributed by atoms with E-state index in [4.69, 9.17) is 14.4 Å². The number of nitrogens with one attached hydrogen (secondary N) is 1. The first-order valence-corrected chi connectivity index (χ1v) is 5.03. The van der Waals surface area contributed by atoms with Crippen molar-refractivity contribution in [3.05, 3.63) is 23.2 Å². The van der Waals surface area contributed by atoms with Gasteiger partial charge in [-0.15, -0.1) is 0 Å². The van der Waals surface area contributed by atoms with Gasteiger partial charge < -0.3 is 9.52 Å². The molecular weight excluding hydrogens is 210 g/mol. The summed E-state index contributed by atoms with van der Waals surface area (Å²) >= 11 is 0. The van der Waals surface area contributed by atoms with Crippen molar-refractivity contribution in [1.29, 1.82) is 0 Å². The van der Waals surface area contributed by atoms with Gasteiger partial charge in [0.25, 0.3) is 0 Å². The second kappa shape index (κ2) is 4.67. The summed E-state index contributed by atoms with van der Waals surface area (Å²) in [5.74, 6) is -0.529. The van der Waals surface area contributed by atoms with Crippen molar-refractivity contribution in [2.24, 2.45) is 0 Å². The van der Waals surface area contributed by atoms with E-state index in [2.05, 4.69) is 5.48 Å². The van der Waals surface area contributed by atoms with Crippen LogP contribution in [0.4, 0.5) is 0 Å². The minimum absolute atomic E-state index is 0.0509. The Bertz CT molecular complexity index is 376. The third-order valence-corrected chi connectivity index (χ3v) is 1.87. The van der Waals surface area contributed by atoms with Gasteiger partial charge in [-0.25, -0.2) is 4.79 Å². The maximum absolute atomic E-state index is 10.7. The van der Waals surface area contributed by atoms with Crippen molar-refractivity contribution in [2.45, 2.75) is 39.8 Å². The normalized spacial score (nSPS) is 11.8. The Kier molecular flexibility index (Phi) is 3.72. The molecule has 5 heteroatoms. The van der Waals surface area contributed by atoms with E-state index in [9.17, 15) is 4.79 Å². The molecule has 0 radical (unpaired) electrons. The topological polar surface area (TPSA) is 71.7 Å². The standard InChI is InChI=1S/C11H17NO4/c1-7-8(5-9(15-7)10(13)14)6-12-16-11(2,3)4/h5,12H,6H2,1-4H3,(H,13,14). The van der Waals surface area contributed by atoms with E-state index in [-0.39, 0.29) is 11.4 Å². The molecule has 0 aromatic carbocycles. The third-order valence-electron chi connectivity index (χ3n) is 1.87. The average molecular weight is 227 g/mol.